The van der Waals surface area contributed by atoms with E-state index in [2.05, 4.69) is 19.2 Å². The second-order valence-electron chi connectivity index (χ2n) is 6.83. The van der Waals surface area contributed by atoms with Crippen molar-refractivity contribution in [3.63, 3.8) is 0 Å². The van der Waals surface area contributed by atoms with Gasteiger partial charge in [-0.1, -0.05) is 56.3 Å². The van der Waals surface area contributed by atoms with Gasteiger partial charge >= 0.3 is 0 Å². The first-order chi connectivity index (χ1) is 12.0. The number of hydrogen-bond acceptors (Lipinski definition) is 2. The van der Waals surface area contributed by atoms with Crippen molar-refractivity contribution >= 4 is 17.5 Å². The minimum atomic E-state index is -0.405. The van der Waals surface area contributed by atoms with Crippen LogP contribution in [0.15, 0.2) is 54.6 Å². The van der Waals surface area contributed by atoms with Gasteiger partial charge in [0.1, 0.15) is 6.04 Å². The molecule has 1 atom stereocenters. The molecule has 1 aliphatic rings. The molecule has 1 saturated heterocycles. The van der Waals surface area contributed by atoms with E-state index in [1.54, 1.807) is 4.90 Å². The van der Waals surface area contributed by atoms with Crippen LogP contribution < -0.4 is 5.32 Å². The molecule has 3 rings (SSSR count). The first-order valence-corrected chi connectivity index (χ1v) is 8.79. The second-order valence-corrected chi connectivity index (χ2v) is 6.83. The number of carbonyl (C=O) groups is 2. The third-order valence-electron chi connectivity index (χ3n) is 4.67. The molecule has 1 fully saturated rings. The quantitative estimate of drug-likeness (QED) is 0.899. The van der Waals surface area contributed by atoms with Crippen LogP contribution in [0.5, 0.6) is 0 Å². The van der Waals surface area contributed by atoms with Gasteiger partial charge in [0.25, 0.3) is 0 Å². The molecule has 25 heavy (non-hydrogen) atoms. The fraction of sp³-hybridized carbons (Fsp3) is 0.333. The van der Waals surface area contributed by atoms with Gasteiger partial charge < -0.3 is 10.2 Å². The molecule has 0 bridgehead atoms. The zero-order valence-corrected chi connectivity index (χ0v) is 14.7. The topological polar surface area (TPSA) is 49.4 Å². The van der Waals surface area contributed by atoms with E-state index in [0.717, 1.165) is 11.3 Å². The molecule has 1 N–H and O–H groups in total. The largest absolute Gasteiger partial charge is 0.326 e. The average molecular weight is 336 g/mol. The molecule has 130 valence electrons. The number of amides is 2. The SMILES string of the molecule is CC(C)c1ccc(NC(=O)C2CCC(=O)N2Cc2ccccc2)cc1. The van der Waals surface area contributed by atoms with Crippen LogP contribution >= 0.6 is 0 Å². The molecule has 2 aromatic rings. The summed E-state index contributed by atoms with van der Waals surface area (Å²) in [6, 6.07) is 17.3. The maximum Gasteiger partial charge on any atom is 0.247 e. The summed E-state index contributed by atoms with van der Waals surface area (Å²) >= 11 is 0. The lowest BCUT2D eigenvalue weighted by Gasteiger charge is -2.24. The van der Waals surface area contributed by atoms with Gasteiger partial charge in [-0.2, -0.15) is 0 Å². The molecule has 0 saturated carbocycles. The Morgan fingerprint density at radius 2 is 1.80 bits per heavy atom. The summed E-state index contributed by atoms with van der Waals surface area (Å²) in [5.74, 6) is 0.386. The lowest BCUT2D eigenvalue weighted by atomic mass is 10.0. The summed E-state index contributed by atoms with van der Waals surface area (Å²) in [5.41, 5.74) is 3.05. The van der Waals surface area contributed by atoms with Gasteiger partial charge in [0.15, 0.2) is 0 Å². The summed E-state index contributed by atoms with van der Waals surface area (Å²) in [4.78, 5) is 26.6. The predicted molar refractivity (Wildman–Crippen MR) is 99.2 cm³/mol. The molecular formula is C21H24N2O2. The van der Waals surface area contributed by atoms with E-state index in [9.17, 15) is 9.59 Å². The highest BCUT2D eigenvalue weighted by atomic mass is 16.2. The van der Waals surface area contributed by atoms with Crippen molar-refractivity contribution in [2.45, 2.75) is 45.2 Å². The Balaban J connectivity index is 1.68. The van der Waals surface area contributed by atoms with Crippen molar-refractivity contribution in [2.24, 2.45) is 0 Å². The van der Waals surface area contributed by atoms with Gasteiger partial charge in [0.05, 0.1) is 0 Å². The molecule has 0 aliphatic carbocycles. The zero-order chi connectivity index (χ0) is 17.8. The van der Waals surface area contributed by atoms with Crippen LogP contribution in [0.3, 0.4) is 0 Å². The van der Waals surface area contributed by atoms with E-state index in [4.69, 9.17) is 0 Å². The molecule has 2 amide bonds. The first kappa shape index (κ1) is 17.2. The van der Waals surface area contributed by atoms with Gasteiger partial charge in [-0.05, 0) is 35.6 Å². The Labute approximate surface area is 148 Å². The molecule has 1 unspecified atom stereocenters. The highest BCUT2D eigenvalue weighted by molar-refractivity contribution is 5.99. The van der Waals surface area contributed by atoms with Crippen LogP contribution in [0.4, 0.5) is 5.69 Å². The average Bonchev–Trinajstić information content (AvgIpc) is 2.97. The number of nitrogens with one attached hydrogen (secondary N) is 1. The van der Waals surface area contributed by atoms with Gasteiger partial charge in [0, 0.05) is 18.7 Å². The smallest absolute Gasteiger partial charge is 0.247 e. The van der Waals surface area contributed by atoms with Crippen LogP contribution in [0.1, 0.15) is 43.7 Å². The van der Waals surface area contributed by atoms with E-state index in [1.165, 1.54) is 5.56 Å². The molecule has 2 aromatic carbocycles. The van der Waals surface area contributed by atoms with Crippen molar-refractivity contribution in [1.82, 2.24) is 4.90 Å². The Morgan fingerprint density at radius 1 is 1.12 bits per heavy atom. The zero-order valence-electron chi connectivity index (χ0n) is 14.7. The summed E-state index contributed by atoms with van der Waals surface area (Å²) in [5, 5.41) is 2.95. The minimum Gasteiger partial charge on any atom is -0.326 e. The van der Waals surface area contributed by atoms with Gasteiger partial charge in [0.2, 0.25) is 11.8 Å². The van der Waals surface area contributed by atoms with Gasteiger partial charge in [-0.25, -0.2) is 0 Å². The molecule has 4 nitrogen and oxygen atoms in total. The minimum absolute atomic E-state index is 0.0409. The highest BCUT2D eigenvalue weighted by Crippen LogP contribution is 2.23. The van der Waals surface area contributed by atoms with Crippen molar-refractivity contribution in [1.29, 1.82) is 0 Å². The number of likely N-dealkylation sites (tertiary alicyclic amines) is 1. The van der Waals surface area contributed by atoms with E-state index in [1.807, 2.05) is 54.6 Å². The second kappa shape index (κ2) is 7.51. The number of hydrogen-bond donors (Lipinski definition) is 1. The van der Waals surface area contributed by atoms with Crippen LogP contribution in [0, 0.1) is 0 Å². The monoisotopic (exact) mass is 336 g/mol. The molecule has 1 aliphatic heterocycles. The van der Waals surface area contributed by atoms with Crippen LogP contribution in [-0.2, 0) is 16.1 Å². The Kier molecular flexibility index (Phi) is 5.17. The van der Waals surface area contributed by atoms with Crippen LogP contribution in [0.25, 0.3) is 0 Å². The highest BCUT2D eigenvalue weighted by Gasteiger charge is 2.35. The molecule has 0 radical (unpaired) electrons. The molecule has 0 aromatic heterocycles. The molecular weight excluding hydrogens is 312 g/mol. The van der Waals surface area contributed by atoms with E-state index >= 15 is 0 Å². The number of benzene rings is 2. The lowest BCUT2D eigenvalue weighted by Crippen LogP contribution is -2.41. The Morgan fingerprint density at radius 3 is 2.44 bits per heavy atom. The van der Waals surface area contributed by atoms with E-state index in [-0.39, 0.29) is 11.8 Å². The van der Waals surface area contributed by atoms with Crippen LogP contribution in [-0.4, -0.2) is 22.8 Å². The van der Waals surface area contributed by atoms with E-state index in [0.29, 0.717) is 25.3 Å². The summed E-state index contributed by atoms with van der Waals surface area (Å²) < 4.78 is 0. The fourth-order valence-corrected chi connectivity index (χ4v) is 3.16. The molecule has 4 heteroatoms. The maximum absolute atomic E-state index is 12.7. The normalized spacial score (nSPS) is 17.2. The summed E-state index contributed by atoms with van der Waals surface area (Å²) in [6.45, 7) is 4.75. The van der Waals surface area contributed by atoms with Crippen molar-refractivity contribution in [3.8, 4) is 0 Å². The number of carbonyl (C=O) groups excluding carboxylic acids is 2. The number of rotatable bonds is 5. The van der Waals surface area contributed by atoms with Crippen molar-refractivity contribution in [2.75, 3.05) is 5.32 Å². The molecule has 0 spiro atoms. The lowest BCUT2D eigenvalue weighted by molar-refractivity contribution is -0.133. The third-order valence-corrected chi connectivity index (χ3v) is 4.67. The molecule has 1 heterocycles. The maximum atomic E-state index is 12.7. The van der Waals surface area contributed by atoms with E-state index < -0.39 is 6.04 Å². The number of anilines is 1. The van der Waals surface area contributed by atoms with Gasteiger partial charge in [-0.15, -0.1) is 0 Å². The van der Waals surface area contributed by atoms with Crippen molar-refractivity contribution in [3.05, 3.63) is 65.7 Å². The standard InChI is InChI=1S/C21H24N2O2/c1-15(2)17-8-10-18(11-9-17)22-21(25)19-12-13-20(24)23(19)14-16-6-4-3-5-7-16/h3-11,15,19H,12-14H2,1-2H3,(H,22,25). The number of nitrogens with zero attached hydrogens (tertiary/aromatic N) is 1. The predicted octanol–water partition coefficient (Wildman–Crippen LogP) is 3.94. The summed E-state index contributed by atoms with van der Waals surface area (Å²) in [6.07, 6.45) is 0.999. The third kappa shape index (κ3) is 4.08. The van der Waals surface area contributed by atoms with Crippen molar-refractivity contribution < 1.29 is 9.59 Å². The Hall–Kier alpha value is -2.62. The van der Waals surface area contributed by atoms with Gasteiger partial charge in [-0.3, -0.25) is 9.59 Å². The van der Waals surface area contributed by atoms with Crippen LogP contribution in [0.2, 0.25) is 0 Å². The first-order valence-electron chi connectivity index (χ1n) is 8.79. The summed E-state index contributed by atoms with van der Waals surface area (Å²) in [7, 11) is 0. The fourth-order valence-electron chi connectivity index (χ4n) is 3.16. The Bertz CT molecular complexity index is 738.